The number of hydrogen-bond acceptors (Lipinski definition) is 4. The molecule has 0 atom stereocenters. The molecule has 0 radical (unpaired) electrons. The molecule has 5 rings (SSSR count). The van der Waals surface area contributed by atoms with Crippen molar-refractivity contribution in [2.75, 3.05) is 5.32 Å². The van der Waals surface area contributed by atoms with Crippen LogP contribution in [0, 0.1) is 6.92 Å². The molecule has 2 aliphatic carbocycles. The van der Waals surface area contributed by atoms with Gasteiger partial charge in [0, 0.05) is 22.3 Å². The van der Waals surface area contributed by atoms with Gasteiger partial charge in [0.2, 0.25) is 0 Å². The molecule has 29 heavy (non-hydrogen) atoms. The smallest absolute Gasteiger partial charge is 0.160 e. The van der Waals surface area contributed by atoms with Crippen molar-refractivity contribution in [3.05, 3.63) is 71.2 Å². The van der Waals surface area contributed by atoms with Crippen molar-refractivity contribution in [2.24, 2.45) is 4.99 Å². The van der Waals surface area contributed by atoms with Crippen LogP contribution in [-0.2, 0) is 0 Å². The van der Waals surface area contributed by atoms with E-state index in [9.17, 15) is 0 Å². The fraction of sp³-hybridized carbons (Fsp3) is 0.261. The predicted octanol–water partition coefficient (Wildman–Crippen LogP) is 5.47. The third-order valence-corrected chi connectivity index (χ3v) is 5.50. The molecule has 0 spiro atoms. The molecular formula is C23H24N6. The Balaban J connectivity index is 1.57. The first-order chi connectivity index (χ1) is 14.3. The lowest BCUT2D eigenvalue weighted by atomic mass is 9.92. The average molecular weight is 384 g/mol. The summed E-state index contributed by atoms with van der Waals surface area (Å²) in [6.45, 7) is 2.05. The number of anilines is 1. The molecule has 6 nitrogen and oxygen atoms in total. The van der Waals surface area contributed by atoms with Crippen molar-refractivity contribution in [1.82, 2.24) is 20.4 Å². The molecule has 0 bridgehead atoms. The van der Waals surface area contributed by atoms with E-state index in [0.717, 1.165) is 64.3 Å². The Hall–Kier alpha value is -3.41. The lowest BCUT2D eigenvalue weighted by molar-refractivity contribution is 0.717. The first kappa shape index (κ1) is 17.7. The van der Waals surface area contributed by atoms with Crippen molar-refractivity contribution >= 4 is 28.1 Å². The van der Waals surface area contributed by atoms with E-state index >= 15 is 0 Å². The van der Waals surface area contributed by atoms with E-state index in [1.165, 1.54) is 18.4 Å². The molecule has 0 unspecified atom stereocenters. The van der Waals surface area contributed by atoms with Crippen LogP contribution in [0.1, 0.15) is 43.4 Å². The molecule has 0 saturated heterocycles. The maximum Gasteiger partial charge on any atom is 0.160 e. The monoisotopic (exact) mass is 384 g/mol. The van der Waals surface area contributed by atoms with Gasteiger partial charge < -0.3 is 5.32 Å². The molecule has 6 heteroatoms. The van der Waals surface area contributed by atoms with Crippen LogP contribution >= 0.6 is 0 Å². The fourth-order valence-electron chi connectivity index (χ4n) is 3.93. The van der Waals surface area contributed by atoms with Crippen LogP contribution in [0.25, 0.3) is 10.9 Å². The number of aryl methyl sites for hydroxylation is 1. The SMILES string of the molecule is Cc1[nH]ncc1C(=Nc1ccc2[nH]nc(NC3=CCC=C3)c2c1)C1=CCCCC1. The highest BCUT2D eigenvalue weighted by molar-refractivity contribution is 6.14. The fourth-order valence-corrected chi connectivity index (χ4v) is 3.93. The van der Waals surface area contributed by atoms with Crippen molar-refractivity contribution in [2.45, 2.75) is 39.0 Å². The summed E-state index contributed by atoms with van der Waals surface area (Å²) in [5.41, 5.74) is 7.44. The second kappa shape index (κ2) is 7.54. The highest BCUT2D eigenvalue weighted by Crippen LogP contribution is 2.30. The quantitative estimate of drug-likeness (QED) is 0.510. The van der Waals surface area contributed by atoms with E-state index in [1.54, 1.807) is 0 Å². The van der Waals surface area contributed by atoms with Crippen molar-refractivity contribution in [1.29, 1.82) is 0 Å². The molecule has 1 aromatic carbocycles. The van der Waals surface area contributed by atoms with Crippen LogP contribution in [0.4, 0.5) is 11.5 Å². The van der Waals surface area contributed by atoms with Gasteiger partial charge in [0.25, 0.3) is 0 Å². The number of nitrogens with one attached hydrogen (secondary N) is 3. The summed E-state index contributed by atoms with van der Waals surface area (Å²) < 4.78 is 0. The summed E-state index contributed by atoms with van der Waals surface area (Å²) in [7, 11) is 0. The van der Waals surface area contributed by atoms with Crippen LogP contribution in [-0.4, -0.2) is 26.1 Å². The summed E-state index contributed by atoms with van der Waals surface area (Å²) in [5, 5.41) is 19.3. The van der Waals surface area contributed by atoms with Crippen molar-refractivity contribution in [3.63, 3.8) is 0 Å². The second-order valence-corrected chi connectivity index (χ2v) is 7.57. The molecule has 0 saturated carbocycles. The largest absolute Gasteiger partial charge is 0.339 e. The third kappa shape index (κ3) is 3.53. The minimum absolute atomic E-state index is 0.827. The number of nitrogens with zero attached hydrogens (tertiary/aromatic N) is 3. The number of H-pyrrole nitrogens is 2. The number of benzene rings is 1. The van der Waals surface area contributed by atoms with E-state index in [0.29, 0.717) is 0 Å². The Labute approximate surface area is 169 Å². The lowest BCUT2D eigenvalue weighted by Gasteiger charge is -2.15. The zero-order chi connectivity index (χ0) is 19.6. The van der Waals surface area contributed by atoms with Gasteiger partial charge in [-0.25, -0.2) is 4.99 Å². The second-order valence-electron chi connectivity index (χ2n) is 7.57. The Bertz CT molecular complexity index is 1170. The van der Waals surface area contributed by atoms with Crippen LogP contribution in [0.15, 0.2) is 65.0 Å². The number of allylic oxidation sites excluding steroid dienone is 5. The highest BCUT2D eigenvalue weighted by Gasteiger charge is 2.17. The molecule has 2 aromatic heterocycles. The van der Waals surface area contributed by atoms with E-state index in [4.69, 9.17) is 4.99 Å². The maximum absolute atomic E-state index is 5.08. The number of aromatic amines is 2. The van der Waals surface area contributed by atoms with Gasteiger partial charge in [0.05, 0.1) is 23.1 Å². The molecule has 2 heterocycles. The van der Waals surface area contributed by atoms with Crippen molar-refractivity contribution < 1.29 is 0 Å². The van der Waals surface area contributed by atoms with Gasteiger partial charge in [-0.05, 0) is 68.9 Å². The van der Waals surface area contributed by atoms with Gasteiger partial charge in [-0.2, -0.15) is 10.2 Å². The minimum atomic E-state index is 0.827. The molecule has 0 amide bonds. The summed E-state index contributed by atoms with van der Waals surface area (Å²) in [4.78, 5) is 5.08. The molecule has 2 aliphatic rings. The van der Waals surface area contributed by atoms with E-state index in [1.807, 2.05) is 25.3 Å². The van der Waals surface area contributed by atoms with Gasteiger partial charge in [0.15, 0.2) is 5.82 Å². The first-order valence-corrected chi connectivity index (χ1v) is 10.2. The molecule has 146 valence electrons. The summed E-state index contributed by atoms with van der Waals surface area (Å²) in [6.07, 6.45) is 16.2. The van der Waals surface area contributed by atoms with Crippen LogP contribution in [0.2, 0.25) is 0 Å². The van der Waals surface area contributed by atoms with E-state index in [2.05, 4.69) is 56.1 Å². The third-order valence-electron chi connectivity index (χ3n) is 5.50. The van der Waals surface area contributed by atoms with E-state index in [-0.39, 0.29) is 0 Å². The molecule has 0 fully saturated rings. The van der Waals surface area contributed by atoms with Gasteiger partial charge in [-0.3, -0.25) is 10.2 Å². The zero-order valence-corrected chi connectivity index (χ0v) is 16.5. The Morgan fingerprint density at radius 1 is 1.17 bits per heavy atom. The number of rotatable bonds is 5. The average Bonchev–Trinajstić information content (AvgIpc) is 3.50. The van der Waals surface area contributed by atoms with Gasteiger partial charge in [-0.1, -0.05) is 18.2 Å². The summed E-state index contributed by atoms with van der Waals surface area (Å²) >= 11 is 0. The molecule has 0 aliphatic heterocycles. The highest BCUT2D eigenvalue weighted by atomic mass is 15.2. The Morgan fingerprint density at radius 3 is 2.90 bits per heavy atom. The predicted molar refractivity (Wildman–Crippen MR) is 118 cm³/mol. The normalized spacial score (nSPS) is 16.9. The Kier molecular flexibility index (Phi) is 4.60. The van der Waals surface area contributed by atoms with Crippen molar-refractivity contribution in [3.8, 4) is 0 Å². The molecular weight excluding hydrogens is 360 g/mol. The minimum Gasteiger partial charge on any atom is -0.339 e. The number of fused-ring (bicyclic) bond motifs is 1. The number of aromatic nitrogens is 4. The molecule has 3 N–H and O–H groups in total. The lowest BCUT2D eigenvalue weighted by Crippen LogP contribution is -2.08. The van der Waals surface area contributed by atoms with E-state index < -0.39 is 0 Å². The first-order valence-electron chi connectivity index (χ1n) is 10.2. The van der Waals surface area contributed by atoms with Gasteiger partial charge in [-0.15, -0.1) is 0 Å². The van der Waals surface area contributed by atoms with Gasteiger partial charge in [0.1, 0.15) is 0 Å². The Morgan fingerprint density at radius 2 is 2.14 bits per heavy atom. The van der Waals surface area contributed by atoms with Crippen LogP contribution in [0.3, 0.4) is 0 Å². The summed E-state index contributed by atoms with van der Waals surface area (Å²) in [5.74, 6) is 0.827. The standard InChI is InChI=1S/C23H24N6/c1-15-20(14-24-27-15)22(16-7-3-2-4-8-16)25-18-11-12-21-19(13-18)23(29-28-21)26-17-9-5-6-10-17/h5,7,9-14H,2-4,6,8H2,1H3,(H,24,27)(H2,26,28,29). The number of hydrogen-bond donors (Lipinski definition) is 3. The van der Waals surface area contributed by atoms with Crippen LogP contribution in [0.5, 0.6) is 0 Å². The number of aliphatic imine (C=N–C) groups is 1. The molecule has 3 aromatic rings. The zero-order valence-electron chi connectivity index (χ0n) is 16.5. The van der Waals surface area contributed by atoms with Gasteiger partial charge >= 0.3 is 0 Å². The van der Waals surface area contributed by atoms with Crippen LogP contribution < -0.4 is 5.32 Å². The maximum atomic E-state index is 5.08. The summed E-state index contributed by atoms with van der Waals surface area (Å²) in [6, 6.07) is 6.18. The topological polar surface area (TPSA) is 81.8 Å².